The SMILES string of the molecule is CCCNC(=O)c1cc(N2CCCC(C)C2)nc2ccccc12. The molecule has 1 aliphatic heterocycles. The van der Waals surface area contributed by atoms with Crippen molar-refractivity contribution < 1.29 is 4.79 Å². The second kappa shape index (κ2) is 6.99. The maximum Gasteiger partial charge on any atom is 0.252 e. The summed E-state index contributed by atoms with van der Waals surface area (Å²) in [4.78, 5) is 19.7. The summed E-state index contributed by atoms with van der Waals surface area (Å²) in [7, 11) is 0. The number of hydrogen-bond acceptors (Lipinski definition) is 3. The Labute approximate surface area is 137 Å². The van der Waals surface area contributed by atoms with E-state index >= 15 is 0 Å². The Balaban J connectivity index is 2.01. The van der Waals surface area contributed by atoms with Gasteiger partial charge in [0.05, 0.1) is 11.1 Å². The minimum Gasteiger partial charge on any atom is -0.356 e. The molecule has 2 heterocycles. The average molecular weight is 311 g/mol. The lowest BCUT2D eigenvalue weighted by Crippen LogP contribution is -2.35. The van der Waals surface area contributed by atoms with Crippen molar-refractivity contribution in [3.8, 4) is 0 Å². The number of fused-ring (bicyclic) bond motifs is 1. The zero-order valence-electron chi connectivity index (χ0n) is 14.0. The van der Waals surface area contributed by atoms with Gasteiger partial charge in [0.2, 0.25) is 0 Å². The Morgan fingerprint density at radius 3 is 3.00 bits per heavy atom. The van der Waals surface area contributed by atoms with Crippen LogP contribution in [0.3, 0.4) is 0 Å². The van der Waals surface area contributed by atoms with E-state index in [1.165, 1.54) is 12.8 Å². The van der Waals surface area contributed by atoms with Crippen molar-refractivity contribution in [2.24, 2.45) is 5.92 Å². The number of para-hydroxylation sites is 1. The Kier molecular flexibility index (Phi) is 4.79. The van der Waals surface area contributed by atoms with Gasteiger partial charge in [0.25, 0.3) is 5.91 Å². The summed E-state index contributed by atoms with van der Waals surface area (Å²) in [5.74, 6) is 1.60. The summed E-state index contributed by atoms with van der Waals surface area (Å²) in [5.41, 5.74) is 1.63. The first-order valence-corrected chi connectivity index (χ1v) is 8.62. The molecule has 1 amide bonds. The topological polar surface area (TPSA) is 45.2 Å². The van der Waals surface area contributed by atoms with Crippen molar-refractivity contribution >= 4 is 22.6 Å². The van der Waals surface area contributed by atoms with Crippen LogP contribution in [0.2, 0.25) is 0 Å². The van der Waals surface area contributed by atoms with Crippen LogP contribution >= 0.6 is 0 Å². The van der Waals surface area contributed by atoms with Gasteiger partial charge in [0.15, 0.2) is 0 Å². The van der Waals surface area contributed by atoms with Crippen LogP contribution in [0.1, 0.15) is 43.5 Å². The lowest BCUT2D eigenvalue weighted by atomic mass is 10.00. The van der Waals surface area contributed by atoms with Gasteiger partial charge in [0.1, 0.15) is 5.82 Å². The first-order valence-electron chi connectivity index (χ1n) is 8.62. The zero-order chi connectivity index (χ0) is 16.2. The maximum atomic E-state index is 12.6. The molecule has 1 aromatic heterocycles. The van der Waals surface area contributed by atoms with E-state index in [0.717, 1.165) is 41.8 Å². The van der Waals surface area contributed by atoms with E-state index in [1.807, 2.05) is 30.3 Å². The van der Waals surface area contributed by atoms with Crippen LogP contribution in [0.5, 0.6) is 0 Å². The molecule has 3 rings (SSSR count). The van der Waals surface area contributed by atoms with Gasteiger partial charge in [0, 0.05) is 25.0 Å². The summed E-state index contributed by atoms with van der Waals surface area (Å²) >= 11 is 0. The quantitative estimate of drug-likeness (QED) is 0.938. The molecular weight excluding hydrogens is 286 g/mol. The summed E-state index contributed by atoms with van der Waals surface area (Å²) in [6, 6.07) is 9.87. The van der Waals surface area contributed by atoms with Gasteiger partial charge < -0.3 is 10.2 Å². The van der Waals surface area contributed by atoms with Gasteiger partial charge in [-0.2, -0.15) is 0 Å². The van der Waals surface area contributed by atoms with Gasteiger partial charge in [-0.3, -0.25) is 4.79 Å². The summed E-state index contributed by atoms with van der Waals surface area (Å²) < 4.78 is 0. The van der Waals surface area contributed by atoms with E-state index < -0.39 is 0 Å². The molecule has 1 unspecified atom stereocenters. The van der Waals surface area contributed by atoms with Gasteiger partial charge in [-0.05, 0) is 37.3 Å². The molecule has 4 heteroatoms. The first-order chi connectivity index (χ1) is 11.2. The number of nitrogens with one attached hydrogen (secondary N) is 1. The number of rotatable bonds is 4. The standard InChI is InChI=1S/C19H25N3O/c1-3-10-20-19(23)16-12-18(22-11-6-7-14(2)13-22)21-17-9-5-4-8-15(16)17/h4-5,8-9,12,14H,3,6-7,10-11,13H2,1-2H3,(H,20,23). The van der Waals surface area contributed by atoms with Crippen LogP contribution in [0.25, 0.3) is 10.9 Å². The number of nitrogens with zero attached hydrogens (tertiary/aromatic N) is 2. The first kappa shape index (κ1) is 15.8. The predicted octanol–water partition coefficient (Wildman–Crippen LogP) is 3.61. The van der Waals surface area contributed by atoms with Gasteiger partial charge in [-0.25, -0.2) is 4.98 Å². The molecule has 1 saturated heterocycles. The fourth-order valence-corrected chi connectivity index (χ4v) is 3.24. The zero-order valence-corrected chi connectivity index (χ0v) is 14.0. The van der Waals surface area contributed by atoms with Gasteiger partial charge >= 0.3 is 0 Å². The van der Waals surface area contributed by atoms with Gasteiger partial charge in [-0.1, -0.05) is 32.0 Å². The number of anilines is 1. The predicted molar refractivity (Wildman–Crippen MR) is 95.0 cm³/mol. The van der Waals surface area contributed by atoms with Crippen molar-refractivity contribution in [2.45, 2.75) is 33.1 Å². The van der Waals surface area contributed by atoms with Crippen LogP contribution in [-0.2, 0) is 0 Å². The highest BCUT2D eigenvalue weighted by Crippen LogP contribution is 2.26. The van der Waals surface area contributed by atoms with Crippen LogP contribution in [0, 0.1) is 5.92 Å². The molecule has 0 bridgehead atoms. The monoisotopic (exact) mass is 311 g/mol. The number of pyridine rings is 1. The molecule has 0 aliphatic carbocycles. The second-order valence-corrected chi connectivity index (χ2v) is 6.49. The Hall–Kier alpha value is -2.10. The third kappa shape index (κ3) is 3.46. The van der Waals surface area contributed by atoms with Gasteiger partial charge in [-0.15, -0.1) is 0 Å². The number of carbonyl (C=O) groups excluding carboxylic acids is 1. The number of piperidine rings is 1. The third-order valence-electron chi connectivity index (χ3n) is 4.46. The molecular formula is C19H25N3O. The molecule has 0 radical (unpaired) electrons. The molecule has 1 aromatic carbocycles. The van der Waals surface area contributed by atoms with Crippen molar-refractivity contribution in [3.05, 3.63) is 35.9 Å². The fourth-order valence-electron chi connectivity index (χ4n) is 3.24. The van der Waals surface area contributed by atoms with Crippen LogP contribution in [0.15, 0.2) is 30.3 Å². The van der Waals surface area contributed by atoms with Crippen LogP contribution in [0.4, 0.5) is 5.82 Å². The van der Waals surface area contributed by atoms with E-state index in [0.29, 0.717) is 12.5 Å². The average Bonchev–Trinajstić information content (AvgIpc) is 2.58. The number of amides is 1. The third-order valence-corrected chi connectivity index (χ3v) is 4.46. The number of carbonyl (C=O) groups is 1. The van der Waals surface area contributed by atoms with E-state index in [9.17, 15) is 4.79 Å². The van der Waals surface area contributed by atoms with Crippen molar-refractivity contribution in [3.63, 3.8) is 0 Å². The highest BCUT2D eigenvalue weighted by molar-refractivity contribution is 6.07. The van der Waals surface area contributed by atoms with E-state index in [4.69, 9.17) is 4.98 Å². The minimum atomic E-state index is -0.00300. The molecule has 1 fully saturated rings. The largest absolute Gasteiger partial charge is 0.356 e. The Morgan fingerprint density at radius 2 is 2.22 bits per heavy atom. The smallest absolute Gasteiger partial charge is 0.252 e. The highest BCUT2D eigenvalue weighted by Gasteiger charge is 2.20. The molecule has 23 heavy (non-hydrogen) atoms. The summed E-state index contributed by atoms with van der Waals surface area (Å²) in [6.45, 7) is 7.08. The molecule has 4 nitrogen and oxygen atoms in total. The normalized spacial score (nSPS) is 18.2. The Morgan fingerprint density at radius 1 is 1.39 bits per heavy atom. The molecule has 0 spiro atoms. The maximum absolute atomic E-state index is 12.6. The molecule has 122 valence electrons. The number of benzene rings is 1. The van der Waals surface area contributed by atoms with Crippen molar-refractivity contribution in [1.29, 1.82) is 0 Å². The number of aromatic nitrogens is 1. The van der Waals surface area contributed by atoms with E-state index in [1.54, 1.807) is 0 Å². The molecule has 1 N–H and O–H groups in total. The fraction of sp³-hybridized carbons (Fsp3) is 0.474. The molecule has 2 aromatic rings. The van der Waals surface area contributed by atoms with Crippen molar-refractivity contribution in [2.75, 3.05) is 24.5 Å². The van der Waals surface area contributed by atoms with E-state index in [2.05, 4.69) is 24.1 Å². The summed E-state index contributed by atoms with van der Waals surface area (Å²) in [6.07, 6.45) is 3.40. The Bertz CT molecular complexity index is 698. The van der Waals surface area contributed by atoms with Crippen molar-refractivity contribution in [1.82, 2.24) is 10.3 Å². The number of hydrogen-bond donors (Lipinski definition) is 1. The van der Waals surface area contributed by atoms with Crippen LogP contribution < -0.4 is 10.2 Å². The lowest BCUT2D eigenvalue weighted by molar-refractivity contribution is 0.0955. The molecule has 0 saturated carbocycles. The van der Waals surface area contributed by atoms with Crippen LogP contribution in [-0.4, -0.2) is 30.5 Å². The molecule has 1 atom stereocenters. The lowest BCUT2D eigenvalue weighted by Gasteiger charge is -2.32. The minimum absolute atomic E-state index is 0.00300. The summed E-state index contributed by atoms with van der Waals surface area (Å²) in [5, 5.41) is 3.92. The highest BCUT2D eigenvalue weighted by atomic mass is 16.1. The van der Waals surface area contributed by atoms with E-state index in [-0.39, 0.29) is 5.91 Å². The molecule has 1 aliphatic rings. The second-order valence-electron chi connectivity index (χ2n) is 6.49.